The lowest BCUT2D eigenvalue weighted by Gasteiger charge is -2.29. The van der Waals surface area contributed by atoms with Crippen LogP contribution < -0.4 is 9.80 Å². The van der Waals surface area contributed by atoms with Crippen molar-refractivity contribution in [2.24, 2.45) is 0 Å². The molecular weight excluding hydrogens is 355 g/mol. The van der Waals surface area contributed by atoms with Crippen LogP contribution in [-0.4, -0.2) is 34.0 Å². The molecule has 0 radical (unpaired) electrons. The highest BCUT2D eigenvalue weighted by Crippen LogP contribution is 2.34. The third-order valence-electron chi connectivity index (χ3n) is 4.63. The zero-order chi connectivity index (χ0) is 17.2. The van der Waals surface area contributed by atoms with E-state index < -0.39 is 5.41 Å². The summed E-state index contributed by atoms with van der Waals surface area (Å²) in [4.78, 5) is 16.6. The Bertz CT molecular complexity index is 628. The van der Waals surface area contributed by atoms with E-state index in [1.54, 1.807) is 6.92 Å². The van der Waals surface area contributed by atoms with E-state index in [1.165, 1.54) is 0 Å². The first-order valence-electron chi connectivity index (χ1n) is 7.83. The molecule has 0 atom stereocenters. The lowest BCUT2D eigenvalue weighted by Crippen LogP contribution is -2.32. The second kappa shape index (κ2) is 9.12. The highest BCUT2D eigenvalue weighted by atomic mass is 35.5. The Balaban J connectivity index is 0.00000288. The molecule has 0 saturated carbocycles. The standard InChI is InChI=1S/C20H26N2O.2ClH/c1-15(23)20(2,16-7-11-18(12-8-16)21(3)4)17-9-13-19(14-10-17)22(5)6;;/h7-14H,1-6H3;2*1H. The minimum atomic E-state index is -0.629. The van der Waals surface area contributed by atoms with Crippen LogP contribution in [0.2, 0.25) is 0 Å². The van der Waals surface area contributed by atoms with Crippen LogP contribution in [0.25, 0.3) is 0 Å². The summed E-state index contributed by atoms with van der Waals surface area (Å²) in [5.74, 6) is 0.146. The average molecular weight is 383 g/mol. The predicted octanol–water partition coefficient (Wildman–Crippen LogP) is 4.56. The lowest BCUT2D eigenvalue weighted by molar-refractivity contribution is -0.120. The zero-order valence-corrected chi connectivity index (χ0v) is 17.4. The number of halogens is 2. The Morgan fingerprint density at radius 3 is 1.20 bits per heavy atom. The van der Waals surface area contributed by atoms with Crippen LogP contribution in [0.5, 0.6) is 0 Å². The van der Waals surface area contributed by atoms with E-state index in [4.69, 9.17) is 0 Å². The number of carbonyl (C=O) groups excluding carboxylic acids is 1. The Hall–Kier alpha value is -1.71. The zero-order valence-electron chi connectivity index (χ0n) is 15.7. The Kier molecular flexibility index (Phi) is 8.49. The SMILES string of the molecule is CC(=O)C(C)(c1ccc(N(C)C)cc1)c1ccc(N(C)C)cc1.Cl.Cl. The minimum Gasteiger partial charge on any atom is -0.378 e. The fourth-order valence-corrected chi connectivity index (χ4v) is 2.76. The van der Waals surface area contributed by atoms with Gasteiger partial charge in [0.15, 0.2) is 0 Å². The van der Waals surface area contributed by atoms with Gasteiger partial charge in [-0.3, -0.25) is 4.79 Å². The van der Waals surface area contributed by atoms with Crippen molar-refractivity contribution in [2.75, 3.05) is 38.0 Å². The molecule has 0 heterocycles. The van der Waals surface area contributed by atoms with Crippen molar-refractivity contribution >= 4 is 42.0 Å². The van der Waals surface area contributed by atoms with Gasteiger partial charge < -0.3 is 9.80 Å². The largest absolute Gasteiger partial charge is 0.378 e. The molecule has 3 nitrogen and oxygen atoms in total. The second-order valence-electron chi connectivity index (χ2n) is 6.56. The molecule has 138 valence electrons. The quantitative estimate of drug-likeness (QED) is 0.757. The molecule has 2 rings (SSSR count). The van der Waals surface area contributed by atoms with Gasteiger partial charge in [0.25, 0.3) is 0 Å². The Morgan fingerprint density at radius 1 is 0.720 bits per heavy atom. The third-order valence-corrected chi connectivity index (χ3v) is 4.63. The van der Waals surface area contributed by atoms with E-state index in [9.17, 15) is 4.79 Å². The second-order valence-corrected chi connectivity index (χ2v) is 6.56. The molecule has 25 heavy (non-hydrogen) atoms. The highest BCUT2D eigenvalue weighted by molar-refractivity contribution is 5.91. The van der Waals surface area contributed by atoms with Crippen LogP contribution >= 0.6 is 24.8 Å². The fraction of sp³-hybridized carbons (Fsp3) is 0.350. The van der Waals surface area contributed by atoms with E-state index in [0.29, 0.717) is 0 Å². The molecule has 0 spiro atoms. The van der Waals surface area contributed by atoms with Gasteiger partial charge in [0.05, 0.1) is 5.41 Å². The summed E-state index contributed by atoms with van der Waals surface area (Å²) in [6.45, 7) is 3.67. The van der Waals surface area contributed by atoms with Crippen LogP contribution in [0.4, 0.5) is 11.4 Å². The summed E-state index contributed by atoms with van der Waals surface area (Å²) in [7, 11) is 8.05. The van der Waals surface area contributed by atoms with Crippen molar-refractivity contribution in [3.05, 3.63) is 59.7 Å². The number of rotatable bonds is 5. The van der Waals surface area contributed by atoms with Gasteiger partial charge in [0, 0.05) is 39.6 Å². The maximum Gasteiger partial charge on any atom is 0.144 e. The van der Waals surface area contributed by atoms with Gasteiger partial charge in [-0.15, -0.1) is 24.8 Å². The van der Waals surface area contributed by atoms with E-state index in [1.807, 2.05) is 35.1 Å². The first-order valence-corrected chi connectivity index (χ1v) is 7.83. The number of carbonyl (C=O) groups is 1. The first-order chi connectivity index (χ1) is 10.8. The van der Waals surface area contributed by atoms with Gasteiger partial charge >= 0.3 is 0 Å². The number of nitrogens with zero attached hydrogens (tertiary/aromatic N) is 2. The molecule has 0 aliphatic heterocycles. The van der Waals surface area contributed by atoms with Gasteiger partial charge in [0.2, 0.25) is 0 Å². The van der Waals surface area contributed by atoms with Crippen LogP contribution in [0.15, 0.2) is 48.5 Å². The summed E-state index contributed by atoms with van der Waals surface area (Å²) in [6.07, 6.45) is 0. The van der Waals surface area contributed by atoms with Crippen LogP contribution in [0, 0.1) is 0 Å². The summed E-state index contributed by atoms with van der Waals surface area (Å²) in [5, 5.41) is 0. The smallest absolute Gasteiger partial charge is 0.144 e. The predicted molar refractivity (Wildman–Crippen MR) is 113 cm³/mol. The first kappa shape index (κ1) is 23.3. The molecular formula is C20H28Cl2N2O. The summed E-state index contributed by atoms with van der Waals surface area (Å²) in [5.41, 5.74) is 3.67. The number of anilines is 2. The Morgan fingerprint density at radius 2 is 1.00 bits per heavy atom. The number of hydrogen-bond donors (Lipinski definition) is 0. The monoisotopic (exact) mass is 382 g/mol. The molecule has 0 unspecified atom stereocenters. The van der Waals surface area contributed by atoms with Gasteiger partial charge in [-0.25, -0.2) is 0 Å². The van der Waals surface area contributed by atoms with Gasteiger partial charge in [-0.1, -0.05) is 24.3 Å². The molecule has 0 bridgehead atoms. The molecule has 0 N–H and O–H groups in total. The van der Waals surface area contributed by atoms with Crippen molar-refractivity contribution in [1.29, 1.82) is 0 Å². The molecule has 0 aliphatic carbocycles. The van der Waals surface area contributed by atoms with Crippen LogP contribution in [0.3, 0.4) is 0 Å². The molecule has 0 aliphatic rings. The van der Waals surface area contributed by atoms with Crippen LogP contribution in [0.1, 0.15) is 25.0 Å². The molecule has 0 fully saturated rings. The van der Waals surface area contributed by atoms with Crippen molar-refractivity contribution in [1.82, 2.24) is 0 Å². The van der Waals surface area contributed by atoms with Crippen molar-refractivity contribution in [3.8, 4) is 0 Å². The van der Waals surface area contributed by atoms with E-state index in [2.05, 4.69) is 58.3 Å². The highest BCUT2D eigenvalue weighted by Gasteiger charge is 2.34. The maximum atomic E-state index is 12.5. The summed E-state index contributed by atoms with van der Waals surface area (Å²) < 4.78 is 0. The van der Waals surface area contributed by atoms with Gasteiger partial charge in [-0.05, 0) is 49.2 Å². The number of Topliss-reactive ketones (excluding diaryl/α,β-unsaturated/α-hetero) is 1. The lowest BCUT2D eigenvalue weighted by atomic mass is 9.73. The van der Waals surface area contributed by atoms with Gasteiger partial charge in [-0.2, -0.15) is 0 Å². The molecule has 2 aromatic carbocycles. The molecule has 2 aromatic rings. The van der Waals surface area contributed by atoms with Crippen molar-refractivity contribution in [3.63, 3.8) is 0 Å². The van der Waals surface area contributed by atoms with E-state index in [0.717, 1.165) is 22.5 Å². The Labute approximate surface area is 163 Å². The van der Waals surface area contributed by atoms with Crippen LogP contribution in [-0.2, 0) is 10.2 Å². The topological polar surface area (TPSA) is 23.6 Å². The minimum absolute atomic E-state index is 0. The molecule has 0 aromatic heterocycles. The molecule has 5 heteroatoms. The summed E-state index contributed by atoms with van der Waals surface area (Å²) in [6, 6.07) is 16.4. The average Bonchev–Trinajstić information content (AvgIpc) is 2.54. The third kappa shape index (κ3) is 4.68. The van der Waals surface area contributed by atoms with Crippen molar-refractivity contribution in [2.45, 2.75) is 19.3 Å². The fourth-order valence-electron chi connectivity index (χ4n) is 2.76. The van der Waals surface area contributed by atoms with Gasteiger partial charge in [0.1, 0.15) is 5.78 Å². The normalized spacial score (nSPS) is 10.3. The number of ketones is 1. The molecule has 0 saturated heterocycles. The molecule has 0 amide bonds. The number of benzene rings is 2. The van der Waals surface area contributed by atoms with E-state index >= 15 is 0 Å². The number of hydrogen-bond acceptors (Lipinski definition) is 3. The van der Waals surface area contributed by atoms with E-state index in [-0.39, 0.29) is 30.6 Å². The maximum absolute atomic E-state index is 12.5. The van der Waals surface area contributed by atoms with Crippen molar-refractivity contribution < 1.29 is 4.79 Å². The summed E-state index contributed by atoms with van der Waals surface area (Å²) >= 11 is 0.